The standard InChI is InChI=1S/C21H29N3O3/c1-15(2)11-24(13-20(22)25)14-21(26)23(3)12-16-5-6-18-10-19(27-4)8-7-17(18)9-16/h5-10,15H,11-14H2,1-4H3,(H2,22,25). The zero-order valence-corrected chi connectivity index (χ0v) is 16.6. The van der Waals surface area contributed by atoms with Crippen LogP contribution in [-0.2, 0) is 16.1 Å². The number of primary amides is 1. The number of carbonyl (C=O) groups is 2. The van der Waals surface area contributed by atoms with Gasteiger partial charge in [0.2, 0.25) is 11.8 Å². The van der Waals surface area contributed by atoms with E-state index in [9.17, 15) is 9.59 Å². The van der Waals surface area contributed by atoms with Crippen LogP contribution in [0.25, 0.3) is 10.8 Å². The molecule has 2 aromatic rings. The van der Waals surface area contributed by atoms with Crippen LogP contribution < -0.4 is 10.5 Å². The molecular formula is C21H29N3O3. The van der Waals surface area contributed by atoms with Gasteiger partial charge < -0.3 is 15.4 Å². The lowest BCUT2D eigenvalue weighted by atomic mass is 10.1. The van der Waals surface area contributed by atoms with Gasteiger partial charge in [0.25, 0.3) is 0 Å². The summed E-state index contributed by atoms with van der Waals surface area (Å²) in [6.45, 7) is 5.53. The largest absolute Gasteiger partial charge is 0.497 e. The molecule has 0 heterocycles. The number of hydrogen-bond acceptors (Lipinski definition) is 4. The van der Waals surface area contributed by atoms with E-state index in [1.807, 2.05) is 44.2 Å². The summed E-state index contributed by atoms with van der Waals surface area (Å²) in [6.07, 6.45) is 0. The fraction of sp³-hybridized carbons (Fsp3) is 0.429. The second-order valence-electron chi connectivity index (χ2n) is 7.33. The van der Waals surface area contributed by atoms with Gasteiger partial charge in [-0.05, 0) is 40.5 Å². The number of amides is 2. The third-order valence-corrected chi connectivity index (χ3v) is 4.32. The Hall–Kier alpha value is -2.60. The highest BCUT2D eigenvalue weighted by atomic mass is 16.5. The van der Waals surface area contributed by atoms with Gasteiger partial charge in [-0.25, -0.2) is 0 Å². The van der Waals surface area contributed by atoms with Gasteiger partial charge >= 0.3 is 0 Å². The highest BCUT2D eigenvalue weighted by molar-refractivity contribution is 5.85. The van der Waals surface area contributed by atoms with Gasteiger partial charge in [-0.1, -0.05) is 32.0 Å². The number of carbonyl (C=O) groups excluding carboxylic acids is 2. The summed E-state index contributed by atoms with van der Waals surface area (Å²) in [7, 11) is 3.43. The molecule has 6 nitrogen and oxygen atoms in total. The van der Waals surface area contributed by atoms with E-state index in [4.69, 9.17) is 10.5 Å². The van der Waals surface area contributed by atoms with Crippen molar-refractivity contribution in [3.8, 4) is 5.75 Å². The molecule has 0 spiro atoms. The average molecular weight is 371 g/mol. The number of fused-ring (bicyclic) bond motifs is 1. The van der Waals surface area contributed by atoms with Crippen molar-refractivity contribution in [1.29, 1.82) is 0 Å². The zero-order valence-electron chi connectivity index (χ0n) is 16.6. The van der Waals surface area contributed by atoms with Crippen molar-refractivity contribution >= 4 is 22.6 Å². The van der Waals surface area contributed by atoms with E-state index in [1.165, 1.54) is 0 Å². The molecule has 6 heteroatoms. The van der Waals surface area contributed by atoms with Gasteiger partial charge in [-0.3, -0.25) is 14.5 Å². The summed E-state index contributed by atoms with van der Waals surface area (Å²) in [5, 5.41) is 2.20. The maximum atomic E-state index is 12.6. The molecule has 0 aliphatic rings. The Kier molecular flexibility index (Phi) is 7.19. The minimum Gasteiger partial charge on any atom is -0.497 e. The lowest BCUT2D eigenvalue weighted by Gasteiger charge is -2.25. The van der Waals surface area contributed by atoms with Crippen LogP contribution in [0.3, 0.4) is 0 Å². The molecule has 0 aromatic heterocycles. The van der Waals surface area contributed by atoms with E-state index in [2.05, 4.69) is 6.07 Å². The molecule has 0 bridgehead atoms. The zero-order chi connectivity index (χ0) is 20.0. The third-order valence-electron chi connectivity index (χ3n) is 4.32. The van der Waals surface area contributed by atoms with Gasteiger partial charge in [-0.15, -0.1) is 0 Å². The summed E-state index contributed by atoms with van der Waals surface area (Å²) in [6, 6.07) is 12.0. The van der Waals surface area contributed by atoms with Crippen LogP contribution in [0.1, 0.15) is 19.4 Å². The number of rotatable bonds is 9. The molecule has 0 saturated heterocycles. The summed E-state index contributed by atoms with van der Waals surface area (Å²) >= 11 is 0. The highest BCUT2D eigenvalue weighted by Gasteiger charge is 2.17. The quantitative estimate of drug-likeness (QED) is 0.734. The molecule has 2 N–H and O–H groups in total. The first-order chi connectivity index (χ1) is 12.8. The SMILES string of the molecule is COc1ccc2cc(CN(C)C(=O)CN(CC(N)=O)CC(C)C)ccc2c1. The molecule has 2 amide bonds. The molecule has 0 aliphatic carbocycles. The number of nitrogens with zero attached hydrogens (tertiary/aromatic N) is 2. The van der Waals surface area contributed by atoms with Crippen LogP contribution in [0, 0.1) is 5.92 Å². The second-order valence-corrected chi connectivity index (χ2v) is 7.33. The van der Waals surface area contributed by atoms with Gasteiger partial charge in [-0.2, -0.15) is 0 Å². The van der Waals surface area contributed by atoms with Gasteiger partial charge in [0.05, 0.1) is 20.2 Å². The van der Waals surface area contributed by atoms with Crippen molar-refractivity contribution in [3.63, 3.8) is 0 Å². The van der Waals surface area contributed by atoms with Crippen molar-refractivity contribution in [3.05, 3.63) is 42.0 Å². The molecular weight excluding hydrogens is 342 g/mol. The molecule has 0 fully saturated rings. The Labute approximate surface area is 160 Å². The molecule has 2 aromatic carbocycles. The molecule has 146 valence electrons. The maximum Gasteiger partial charge on any atom is 0.236 e. The normalized spacial score (nSPS) is 11.2. The van der Waals surface area contributed by atoms with Gasteiger partial charge in [0.1, 0.15) is 5.75 Å². The summed E-state index contributed by atoms with van der Waals surface area (Å²) in [5.74, 6) is 0.713. The summed E-state index contributed by atoms with van der Waals surface area (Å²) in [4.78, 5) is 27.3. The number of likely N-dealkylation sites (N-methyl/N-ethyl adjacent to an activating group) is 1. The van der Waals surface area contributed by atoms with Gasteiger partial charge in [0.15, 0.2) is 0 Å². The molecule has 0 unspecified atom stereocenters. The number of nitrogens with two attached hydrogens (primary N) is 1. The number of ether oxygens (including phenoxy) is 1. The molecule has 0 aliphatic heterocycles. The number of benzene rings is 2. The summed E-state index contributed by atoms with van der Waals surface area (Å²) < 4.78 is 5.25. The minimum absolute atomic E-state index is 0.0354. The first kappa shape index (κ1) is 20.7. The van der Waals surface area contributed by atoms with Crippen LogP contribution in [0.5, 0.6) is 5.75 Å². The Morgan fingerprint density at radius 3 is 2.37 bits per heavy atom. The molecule has 27 heavy (non-hydrogen) atoms. The van der Waals surface area contributed by atoms with E-state index in [0.29, 0.717) is 19.0 Å². The Morgan fingerprint density at radius 2 is 1.74 bits per heavy atom. The predicted molar refractivity (Wildman–Crippen MR) is 107 cm³/mol. The van der Waals surface area contributed by atoms with Crippen molar-refractivity contribution in [2.45, 2.75) is 20.4 Å². The van der Waals surface area contributed by atoms with Crippen LogP contribution >= 0.6 is 0 Å². The fourth-order valence-electron chi connectivity index (χ4n) is 3.09. The van der Waals surface area contributed by atoms with E-state index in [1.54, 1.807) is 24.0 Å². The third kappa shape index (κ3) is 6.25. The Morgan fingerprint density at radius 1 is 1.07 bits per heavy atom. The first-order valence-corrected chi connectivity index (χ1v) is 9.09. The summed E-state index contributed by atoms with van der Waals surface area (Å²) in [5.41, 5.74) is 6.35. The van der Waals surface area contributed by atoms with E-state index in [-0.39, 0.29) is 19.0 Å². The van der Waals surface area contributed by atoms with Crippen molar-refractivity contribution in [1.82, 2.24) is 9.80 Å². The van der Waals surface area contributed by atoms with Crippen molar-refractivity contribution < 1.29 is 14.3 Å². The average Bonchev–Trinajstić information content (AvgIpc) is 2.59. The first-order valence-electron chi connectivity index (χ1n) is 9.09. The Bertz CT molecular complexity index is 804. The Balaban J connectivity index is 2.04. The van der Waals surface area contributed by atoms with E-state index < -0.39 is 5.91 Å². The molecule has 0 saturated carbocycles. The smallest absolute Gasteiger partial charge is 0.236 e. The van der Waals surface area contributed by atoms with E-state index >= 15 is 0 Å². The molecule has 0 radical (unpaired) electrons. The van der Waals surface area contributed by atoms with Gasteiger partial charge in [0, 0.05) is 20.1 Å². The maximum absolute atomic E-state index is 12.6. The van der Waals surface area contributed by atoms with Crippen LogP contribution in [0.15, 0.2) is 36.4 Å². The fourth-order valence-corrected chi connectivity index (χ4v) is 3.09. The van der Waals surface area contributed by atoms with Crippen molar-refractivity contribution in [2.75, 3.05) is 33.8 Å². The molecule has 2 rings (SSSR count). The topological polar surface area (TPSA) is 75.9 Å². The lowest BCUT2D eigenvalue weighted by Crippen LogP contribution is -2.43. The number of hydrogen-bond donors (Lipinski definition) is 1. The lowest BCUT2D eigenvalue weighted by molar-refractivity contribution is -0.132. The number of methoxy groups -OCH3 is 1. The van der Waals surface area contributed by atoms with Crippen LogP contribution in [0.2, 0.25) is 0 Å². The second kappa shape index (κ2) is 9.37. The molecule has 0 atom stereocenters. The predicted octanol–water partition coefficient (Wildman–Crippen LogP) is 2.25. The monoisotopic (exact) mass is 371 g/mol. The van der Waals surface area contributed by atoms with E-state index in [0.717, 1.165) is 22.1 Å². The minimum atomic E-state index is -0.420. The van der Waals surface area contributed by atoms with Crippen LogP contribution in [-0.4, -0.2) is 55.4 Å². The van der Waals surface area contributed by atoms with Crippen LogP contribution in [0.4, 0.5) is 0 Å². The van der Waals surface area contributed by atoms with Crippen molar-refractivity contribution in [2.24, 2.45) is 11.7 Å². The highest BCUT2D eigenvalue weighted by Crippen LogP contribution is 2.22.